The topological polar surface area (TPSA) is 46.1 Å². The molecule has 4 rings (SSSR count). The fourth-order valence-electron chi connectivity index (χ4n) is 3.44. The number of aromatic amines is 1. The fraction of sp³-hybridized carbons (Fsp3) is 0.353. The van der Waals surface area contributed by atoms with E-state index in [4.69, 9.17) is 4.74 Å². The predicted molar refractivity (Wildman–Crippen MR) is 86.9 cm³/mol. The summed E-state index contributed by atoms with van der Waals surface area (Å²) < 4.78 is 7.93. The first-order chi connectivity index (χ1) is 10.8. The number of hydrogen-bond acceptors (Lipinski definition) is 3. The van der Waals surface area contributed by atoms with Crippen molar-refractivity contribution in [3.8, 4) is 11.4 Å². The van der Waals surface area contributed by atoms with Crippen LogP contribution in [0.2, 0.25) is 0 Å². The number of imidazole rings is 1. The maximum atomic E-state index is 5.67. The Kier molecular flexibility index (Phi) is 3.24. The average molecular weight is 296 g/mol. The van der Waals surface area contributed by atoms with Gasteiger partial charge in [-0.15, -0.1) is 0 Å². The van der Waals surface area contributed by atoms with Crippen LogP contribution in [0.5, 0.6) is 0 Å². The van der Waals surface area contributed by atoms with Crippen LogP contribution in [-0.2, 0) is 4.74 Å². The molecule has 1 aliphatic heterocycles. The highest BCUT2D eigenvalue weighted by Gasteiger charge is 2.33. The van der Waals surface area contributed by atoms with Gasteiger partial charge in [0, 0.05) is 55.3 Å². The van der Waals surface area contributed by atoms with E-state index in [-0.39, 0.29) is 6.10 Å². The van der Waals surface area contributed by atoms with Gasteiger partial charge in [0.1, 0.15) is 5.82 Å². The van der Waals surface area contributed by atoms with E-state index < -0.39 is 0 Å². The summed E-state index contributed by atoms with van der Waals surface area (Å²) in [6.45, 7) is 1.93. The van der Waals surface area contributed by atoms with Gasteiger partial charge >= 0.3 is 0 Å². The fourth-order valence-corrected chi connectivity index (χ4v) is 3.44. The number of likely N-dealkylation sites (tertiary alicyclic amines) is 1. The van der Waals surface area contributed by atoms with Gasteiger partial charge in [-0.2, -0.15) is 0 Å². The maximum Gasteiger partial charge on any atom is 0.140 e. The summed E-state index contributed by atoms with van der Waals surface area (Å²) in [7, 11) is 3.92. The summed E-state index contributed by atoms with van der Waals surface area (Å²) in [6, 6.07) is 8.81. The van der Waals surface area contributed by atoms with E-state index in [0.29, 0.717) is 6.04 Å². The second kappa shape index (κ2) is 5.26. The largest absolute Gasteiger partial charge is 0.378 e. The van der Waals surface area contributed by atoms with Crippen molar-refractivity contribution >= 4 is 10.9 Å². The minimum atomic E-state index is 0.203. The number of nitrogens with one attached hydrogen (secondary N) is 1. The Morgan fingerprint density at radius 2 is 2.18 bits per heavy atom. The molecule has 1 saturated heterocycles. The van der Waals surface area contributed by atoms with Gasteiger partial charge in [-0.25, -0.2) is 4.98 Å². The maximum absolute atomic E-state index is 5.67. The Morgan fingerprint density at radius 3 is 3.05 bits per heavy atom. The molecule has 0 spiro atoms. The van der Waals surface area contributed by atoms with Crippen LogP contribution >= 0.6 is 0 Å². The molecule has 2 aromatic heterocycles. The zero-order valence-electron chi connectivity index (χ0n) is 12.9. The molecule has 0 saturated carbocycles. The molecule has 1 fully saturated rings. The van der Waals surface area contributed by atoms with Crippen molar-refractivity contribution < 1.29 is 4.74 Å². The van der Waals surface area contributed by atoms with Crippen molar-refractivity contribution in [3.05, 3.63) is 42.9 Å². The quantitative estimate of drug-likeness (QED) is 0.808. The lowest BCUT2D eigenvalue weighted by Crippen LogP contribution is -2.24. The Hall–Kier alpha value is -2.11. The zero-order chi connectivity index (χ0) is 15.1. The van der Waals surface area contributed by atoms with Crippen molar-refractivity contribution in [2.75, 3.05) is 27.2 Å². The lowest BCUT2D eigenvalue weighted by atomic mass is 10.1. The summed E-state index contributed by atoms with van der Waals surface area (Å²) >= 11 is 0. The van der Waals surface area contributed by atoms with E-state index in [1.165, 1.54) is 5.39 Å². The van der Waals surface area contributed by atoms with Gasteiger partial charge in [0.25, 0.3) is 0 Å². The third kappa shape index (κ3) is 2.14. The van der Waals surface area contributed by atoms with Gasteiger partial charge in [0.2, 0.25) is 0 Å². The van der Waals surface area contributed by atoms with E-state index >= 15 is 0 Å². The monoisotopic (exact) mass is 296 g/mol. The van der Waals surface area contributed by atoms with Gasteiger partial charge < -0.3 is 19.2 Å². The highest BCUT2D eigenvalue weighted by molar-refractivity contribution is 5.83. The van der Waals surface area contributed by atoms with Crippen molar-refractivity contribution in [1.29, 1.82) is 0 Å². The number of rotatable bonds is 3. The molecule has 0 bridgehead atoms. The first-order valence-corrected chi connectivity index (χ1v) is 7.58. The zero-order valence-corrected chi connectivity index (χ0v) is 12.9. The molecular formula is C17H20N4O. The molecular weight excluding hydrogens is 276 g/mol. The van der Waals surface area contributed by atoms with Crippen molar-refractivity contribution in [2.45, 2.75) is 12.1 Å². The van der Waals surface area contributed by atoms with Crippen LogP contribution in [0.15, 0.2) is 42.9 Å². The van der Waals surface area contributed by atoms with E-state index in [9.17, 15) is 0 Å². The first-order valence-electron chi connectivity index (χ1n) is 7.58. The number of likely N-dealkylation sites (N-methyl/N-ethyl adjacent to an activating group) is 1. The van der Waals surface area contributed by atoms with Gasteiger partial charge in [0.05, 0.1) is 12.1 Å². The highest BCUT2D eigenvalue weighted by Crippen LogP contribution is 2.30. The van der Waals surface area contributed by atoms with Gasteiger partial charge in [0.15, 0.2) is 0 Å². The molecule has 0 unspecified atom stereocenters. The SMILES string of the molecule is CO[C@H]1CN(C)C[C@@H]1n1ccnc1-c1ccc2[nH]ccc2c1. The lowest BCUT2D eigenvalue weighted by molar-refractivity contribution is 0.0832. The predicted octanol–water partition coefficient (Wildman–Crippen LogP) is 2.53. The molecule has 5 nitrogen and oxygen atoms in total. The number of aromatic nitrogens is 3. The number of benzene rings is 1. The molecule has 0 aliphatic carbocycles. The molecule has 1 N–H and O–H groups in total. The summed E-state index contributed by atoms with van der Waals surface area (Å²) in [5, 5.41) is 1.21. The summed E-state index contributed by atoms with van der Waals surface area (Å²) in [4.78, 5) is 10.1. The standard InChI is InChI=1S/C17H20N4O/c1-20-10-15(16(11-20)22-2)21-8-7-19-17(21)13-3-4-14-12(9-13)5-6-18-14/h3-9,15-16,18H,10-11H2,1-2H3/t15-,16-/m0/s1. The first kappa shape index (κ1) is 13.5. The summed E-state index contributed by atoms with van der Waals surface area (Å²) in [6.07, 6.45) is 6.11. The number of H-pyrrole nitrogens is 1. The second-order valence-electron chi connectivity index (χ2n) is 6.00. The van der Waals surface area contributed by atoms with Crippen LogP contribution < -0.4 is 0 Å². The number of fused-ring (bicyclic) bond motifs is 1. The third-order valence-corrected chi connectivity index (χ3v) is 4.56. The highest BCUT2D eigenvalue weighted by atomic mass is 16.5. The molecule has 22 heavy (non-hydrogen) atoms. The molecule has 114 valence electrons. The van der Waals surface area contributed by atoms with Crippen LogP contribution in [0.4, 0.5) is 0 Å². The van der Waals surface area contributed by atoms with Crippen LogP contribution in [0.3, 0.4) is 0 Å². The second-order valence-corrected chi connectivity index (χ2v) is 6.00. The van der Waals surface area contributed by atoms with Crippen molar-refractivity contribution in [3.63, 3.8) is 0 Å². The molecule has 0 amide bonds. The molecule has 3 heterocycles. The molecule has 0 radical (unpaired) electrons. The Labute approximate surface area is 129 Å². The molecule has 1 aliphatic rings. The van der Waals surface area contributed by atoms with E-state index in [0.717, 1.165) is 30.0 Å². The van der Waals surface area contributed by atoms with Crippen LogP contribution in [0.1, 0.15) is 6.04 Å². The van der Waals surface area contributed by atoms with Crippen LogP contribution in [-0.4, -0.2) is 52.8 Å². The van der Waals surface area contributed by atoms with Gasteiger partial charge in [-0.1, -0.05) is 0 Å². The molecule has 2 atom stereocenters. The van der Waals surface area contributed by atoms with Crippen LogP contribution in [0, 0.1) is 0 Å². The molecule has 1 aromatic carbocycles. The average Bonchev–Trinajstić information content (AvgIpc) is 3.24. The van der Waals surface area contributed by atoms with Gasteiger partial charge in [-0.3, -0.25) is 0 Å². The lowest BCUT2D eigenvalue weighted by Gasteiger charge is -2.20. The number of hydrogen-bond donors (Lipinski definition) is 1. The number of nitrogens with zero attached hydrogens (tertiary/aromatic N) is 3. The minimum Gasteiger partial charge on any atom is -0.378 e. The number of ether oxygens (including phenoxy) is 1. The third-order valence-electron chi connectivity index (χ3n) is 4.56. The minimum absolute atomic E-state index is 0.203. The molecule has 3 aromatic rings. The van der Waals surface area contributed by atoms with Crippen molar-refractivity contribution in [1.82, 2.24) is 19.4 Å². The molecule has 5 heteroatoms. The van der Waals surface area contributed by atoms with E-state index in [1.54, 1.807) is 7.11 Å². The Bertz CT molecular complexity index is 791. The summed E-state index contributed by atoms with van der Waals surface area (Å²) in [5.74, 6) is 1.01. The van der Waals surface area contributed by atoms with Gasteiger partial charge in [-0.05, 0) is 31.3 Å². The van der Waals surface area contributed by atoms with E-state index in [2.05, 4.69) is 56.9 Å². The van der Waals surface area contributed by atoms with Crippen LogP contribution in [0.25, 0.3) is 22.3 Å². The Morgan fingerprint density at radius 1 is 1.27 bits per heavy atom. The normalized spacial score (nSPS) is 22.6. The number of methoxy groups -OCH3 is 1. The summed E-state index contributed by atoms with van der Waals surface area (Å²) in [5.41, 5.74) is 2.29. The van der Waals surface area contributed by atoms with E-state index in [1.807, 2.05) is 12.4 Å². The Balaban J connectivity index is 1.76. The van der Waals surface area contributed by atoms with Crippen molar-refractivity contribution in [2.24, 2.45) is 0 Å². The smallest absolute Gasteiger partial charge is 0.140 e.